The lowest BCUT2D eigenvalue weighted by Crippen LogP contribution is -2.08. The maximum atomic E-state index is 12.3. The minimum absolute atomic E-state index is 0.0533. The lowest BCUT2D eigenvalue weighted by molar-refractivity contribution is -0.110. The van der Waals surface area contributed by atoms with Crippen molar-refractivity contribution in [1.82, 2.24) is 0 Å². The van der Waals surface area contributed by atoms with Crippen molar-refractivity contribution in [2.75, 3.05) is 0 Å². The van der Waals surface area contributed by atoms with Gasteiger partial charge in [-0.05, 0) is 49.3 Å². The molecule has 0 bridgehead atoms. The van der Waals surface area contributed by atoms with Crippen molar-refractivity contribution >= 4 is 33.1 Å². The Morgan fingerprint density at radius 3 is 2.50 bits per heavy atom. The molecule has 0 amide bonds. The first-order chi connectivity index (χ1) is 9.29. The van der Waals surface area contributed by atoms with Crippen molar-refractivity contribution in [2.24, 2.45) is 4.40 Å². The van der Waals surface area contributed by atoms with Gasteiger partial charge in [0.2, 0.25) is 0 Å². The Morgan fingerprint density at radius 1 is 1.15 bits per heavy atom. The molecule has 0 heterocycles. The van der Waals surface area contributed by atoms with Gasteiger partial charge in [0.25, 0.3) is 10.0 Å². The lowest BCUT2D eigenvalue weighted by Gasteiger charge is -2.06. The fraction of sp³-hybridized carbons (Fsp3) is 0.143. The van der Waals surface area contributed by atoms with Crippen LogP contribution in [0.15, 0.2) is 50.8 Å². The summed E-state index contributed by atoms with van der Waals surface area (Å²) in [5.74, 6) is -0.366. The molecule has 104 valence electrons. The zero-order valence-electron chi connectivity index (χ0n) is 10.9. The van der Waals surface area contributed by atoms with Gasteiger partial charge in [-0.1, -0.05) is 23.7 Å². The van der Waals surface area contributed by atoms with Crippen LogP contribution in [0.25, 0.3) is 0 Å². The van der Waals surface area contributed by atoms with E-state index in [9.17, 15) is 13.2 Å². The summed E-state index contributed by atoms with van der Waals surface area (Å²) < 4.78 is 28.3. The predicted octanol–water partition coefficient (Wildman–Crippen LogP) is 2.69. The molecule has 20 heavy (non-hydrogen) atoms. The first-order valence-electron chi connectivity index (χ1n) is 5.81. The highest BCUT2D eigenvalue weighted by atomic mass is 35.5. The molecule has 1 aliphatic carbocycles. The molecule has 2 rings (SSSR count). The van der Waals surface area contributed by atoms with Crippen molar-refractivity contribution < 1.29 is 13.2 Å². The second-order valence-electron chi connectivity index (χ2n) is 4.45. The first-order valence-corrected chi connectivity index (χ1v) is 7.63. The molecule has 0 saturated carbocycles. The third-order valence-corrected chi connectivity index (χ3v) is 4.50. The average Bonchev–Trinajstić information content (AvgIpc) is 2.36. The first kappa shape index (κ1) is 14.7. The third-order valence-electron chi connectivity index (χ3n) is 2.76. The van der Waals surface area contributed by atoms with Gasteiger partial charge in [0.05, 0.1) is 15.6 Å². The monoisotopic (exact) mass is 309 g/mol. The molecular formula is C14H12ClNO3S. The summed E-state index contributed by atoms with van der Waals surface area (Å²) in [7, 11) is -3.83. The number of aryl methyl sites for hydroxylation is 2. The number of carbonyl (C=O) groups excluding carboxylic acids is 1. The third kappa shape index (κ3) is 3.05. The van der Waals surface area contributed by atoms with Gasteiger partial charge in [-0.3, -0.25) is 4.79 Å². The van der Waals surface area contributed by atoms with Gasteiger partial charge in [-0.25, -0.2) is 0 Å². The highest BCUT2D eigenvalue weighted by Crippen LogP contribution is 2.20. The largest absolute Gasteiger partial charge is 0.288 e. The number of rotatable bonds is 2. The molecule has 0 saturated heterocycles. The number of hydrogen-bond acceptors (Lipinski definition) is 3. The Morgan fingerprint density at radius 2 is 1.85 bits per heavy atom. The smallest absolute Gasteiger partial charge is 0.283 e. The zero-order valence-corrected chi connectivity index (χ0v) is 12.5. The molecular weight excluding hydrogens is 298 g/mol. The SMILES string of the molecule is Cc1ccc(C)c(S(=O)(=O)/N=C2\C=CC(=O)C(Cl)=C2)c1. The second-order valence-corrected chi connectivity index (χ2v) is 6.43. The summed E-state index contributed by atoms with van der Waals surface area (Å²) in [5.41, 5.74) is 1.58. The van der Waals surface area contributed by atoms with Crippen molar-refractivity contribution in [2.45, 2.75) is 18.7 Å². The van der Waals surface area contributed by atoms with E-state index in [-0.39, 0.29) is 21.4 Å². The maximum absolute atomic E-state index is 12.3. The second kappa shape index (κ2) is 5.34. The fourth-order valence-corrected chi connectivity index (χ4v) is 3.19. The Bertz CT molecular complexity index is 774. The highest BCUT2D eigenvalue weighted by molar-refractivity contribution is 7.90. The number of ketones is 1. The molecule has 1 aliphatic rings. The predicted molar refractivity (Wildman–Crippen MR) is 78.6 cm³/mol. The van der Waals surface area contributed by atoms with Gasteiger partial charge >= 0.3 is 0 Å². The molecule has 0 atom stereocenters. The summed E-state index contributed by atoms with van der Waals surface area (Å²) in [5, 5.41) is -0.0533. The number of halogens is 1. The Labute approximate surface area is 122 Å². The molecule has 1 aromatic rings. The number of benzene rings is 1. The van der Waals surface area contributed by atoms with Crippen molar-refractivity contribution in [3.05, 3.63) is 52.6 Å². The summed E-state index contributed by atoms with van der Waals surface area (Å²) in [4.78, 5) is 11.3. The topological polar surface area (TPSA) is 63.6 Å². The Balaban J connectivity index is 2.50. The standard InChI is InChI=1S/C14H12ClNO3S/c1-9-3-4-10(2)14(7-9)20(18,19)16-11-5-6-13(17)12(15)8-11/h3-8H,1-2H3/b16-11+. The summed E-state index contributed by atoms with van der Waals surface area (Å²) >= 11 is 5.68. The van der Waals surface area contributed by atoms with Gasteiger partial charge in [0.1, 0.15) is 0 Å². The summed E-state index contributed by atoms with van der Waals surface area (Å²) in [6.07, 6.45) is 3.77. The van der Waals surface area contributed by atoms with E-state index in [4.69, 9.17) is 11.6 Å². The van der Waals surface area contributed by atoms with E-state index >= 15 is 0 Å². The van der Waals surface area contributed by atoms with Crippen LogP contribution in [0, 0.1) is 13.8 Å². The molecule has 0 aliphatic heterocycles. The van der Waals surface area contributed by atoms with E-state index in [1.165, 1.54) is 18.2 Å². The van der Waals surface area contributed by atoms with Crippen LogP contribution in [0.5, 0.6) is 0 Å². The molecule has 0 unspecified atom stereocenters. The van der Waals surface area contributed by atoms with Crippen molar-refractivity contribution in [3.63, 3.8) is 0 Å². The van der Waals surface area contributed by atoms with Gasteiger partial charge < -0.3 is 0 Å². The lowest BCUT2D eigenvalue weighted by atomic mass is 10.2. The molecule has 0 aromatic heterocycles. The van der Waals surface area contributed by atoms with E-state index in [0.29, 0.717) is 5.56 Å². The summed E-state index contributed by atoms with van der Waals surface area (Å²) in [6, 6.07) is 5.13. The van der Waals surface area contributed by atoms with Crippen LogP contribution in [0.2, 0.25) is 0 Å². The molecule has 0 radical (unpaired) electrons. The van der Waals surface area contributed by atoms with E-state index in [0.717, 1.165) is 5.56 Å². The quantitative estimate of drug-likeness (QED) is 0.789. The normalized spacial score (nSPS) is 17.4. The van der Waals surface area contributed by atoms with Crippen LogP contribution in [0.3, 0.4) is 0 Å². The maximum Gasteiger partial charge on any atom is 0.283 e. The minimum Gasteiger partial charge on any atom is -0.288 e. The van der Waals surface area contributed by atoms with Gasteiger partial charge in [0.15, 0.2) is 5.78 Å². The van der Waals surface area contributed by atoms with E-state index in [1.54, 1.807) is 19.1 Å². The highest BCUT2D eigenvalue weighted by Gasteiger charge is 2.18. The van der Waals surface area contributed by atoms with E-state index in [2.05, 4.69) is 4.40 Å². The molecule has 0 spiro atoms. The molecule has 6 heteroatoms. The average molecular weight is 310 g/mol. The van der Waals surface area contributed by atoms with E-state index < -0.39 is 10.0 Å². The number of carbonyl (C=O) groups is 1. The van der Waals surface area contributed by atoms with Crippen LogP contribution in [0.1, 0.15) is 11.1 Å². The molecule has 4 nitrogen and oxygen atoms in total. The van der Waals surface area contributed by atoms with Gasteiger partial charge in [-0.2, -0.15) is 12.8 Å². The van der Waals surface area contributed by atoms with Crippen LogP contribution in [-0.4, -0.2) is 19.9 Å². The van der Waals surface area contributed by atoms with Gasteiger partial charge in [0, 0.05) is 0 Å². The molecule has 0 N–H and O–H groups in total. The van der Waals surface area contributed by atoms with Crippen LogP contribution in [-0.2, 0) is 14.8 Å². The molecule has 0 fully saturated rings. The summed E-state index contributed by atoms with van der Waals surface area (Å²) in [6.45, 7) is 3.51. The van der Waals surface area contributed by atoms with Crippen molar-refractivity contribution in [3.8, 4) is 0 Å². The fourth-order valence-electron chi connectivity index (χ4n) is 1.72. The molecule has 1 aromatic carbocycles. The Hall–Kier alpha value is -1.72. The number of hydrogen-bond donors (Lipinski definition) is 0. The Kier molecular flexibility index (Phi) is 3.92. The van der Waals surface area contributed by atoms with Crippen LogP contribution in [0.4, 0.5) is 0 Å². The zero-order chi connectivity index (χ0) is 14.9. The van der Waals surface area contributed by atoms with Gasteiger partial charge in [-0.15, -0.1) is 0 Å². The number of allylic oxidation sites excluding steroid dienone is 4. The van der Waals surface area contributed by atoms with Crippen LogP contribution >= 0.6 is 11.6 Å². The number of sulfonamides is 1. The van der Waals surface area contributed by atoms with Crippen molar-refractivity contribution in [1.29, 1.82) is 0 Å². The van der Waals surface area contributed by atoms with E-state index in [1.807, 2.05) is 13.0 Å². The number of nitrogens with zero attached hydrogens (tertiary/aromatic N) is 1. The van der Waals surface area contributed by atoms with Crippen LogP contribution < -0.4 is 0 Å². The minimum atomic E-state index is -3.83.